The molecule has 0 aliphatic heterocycles. The van der Waals surface area contributed by atoms with Crippen LogP contribution in [-0.2, 0) is 16.6 Å². The quantitative estimate of drug-likeness (QED) is 0.751. The number of rotatable bonds is 7. The van der Waals surface area contributed by atoms with Crippen molar-refractivity contribution in [1.82, 2.24) is 9.62 Å². The van der Waals surface area contributed by atoms with Crippen LogP contribution in [0.4, 0.5) is 8.78 Å². The topological polar surface area (TPSA) is 66.5 Å². The van der Waals surface area contributed by atoms with Gasteiger partial charge >= 0.3 is 0 Å². The van der Waals surface area contributed by atoms with Gasteiger partial charge in [0.15, 0.2) is 0 Å². The van der Waals surface area contributed by atoms with E-state index < -0.39 is 27.6 Å². The summed E-state index contributed by atoms with van der Waals surface area (Å²) in [6.07, 6.45) is 1.40. The number of amides is 1. The van der Waals surface area contributed by atoms with E-state index in [1.165, 1.54) is 48.4 Å². The Morgan fingerprint density at radius 3 is 2.62 bits per heavy atom. The average molecular weight is 380 g/mol. The number of nitrogens with one attached hydrogen (secondary N) is 1. The van der Waals surface area contributed by atoms with Crippen molar-refractivity contribution in [3.05, 3.63) is 77.9 Å². The Morgan fingerprint density at radius 1 is 1.23 bits per heavy atom. The molecule has 0 heterocycles. The molecule has 0 saturated carbocycles. The van der Waals surface area contributed by atoms with Gasteiger partial charge in [0.05, 0.1) is 4.90 Å². The van der Waals surface area contributed by atoms with Crippen molar-refractivity contribution in [2.24, 2.45) is 0 Å². The average Bonchev–Trinajstić information content (AvgIpc) is 2.61. The molecule has 0 atom stereocenters. The molecule has 0 aromatic heterocycles. The standard InChI is InChI=1S/C18H18F2N2O3S/c1-3-9-21-26(24,25)16-6-4-5-13(10-16)18(23)22(2)12-14-7-8-15(19)11-17(14)20/h3-8,10-11,21H,1,9,12H2,2H3. The molecule has 26 heavy (non-hydrogen) atoms. The first-order valence-electron chi connectivity index (χ1n) is 7.64. The molecule has 2 aromatic rings. The predicted molar refractivity (Wildman–Crippen MR) is 94.0 cm³/mol. The molecule has 0 saturated heterocycles. The number of halogens is 2. The maximum absolute atomic E-state index is 13.7. The Morgan fingerprint density at radius 2 is 1.96 bits per heavy atom. The zero-order valence-electron chi connectivity index (χ0n) is 14.1. The second-order valence-electron chi connectivity index (χ2n) is 5.57. The highest BCUT2D eigenvalue weighted by atomic mass is 32.2. The third kappa shape index (κ3) is 4.74. The highest BCUT2D eigenvalue weighted by Crippen LogP contribution is 2.16. The van der Waals surface area contributed by atoms with Crippen LogP contribution in [0.25, 0.3) is 0 Å². The summed E-state index contributed by atoms with van der Waals surface area (Å²) in [5.41, 5.74) is 0.287. The molecule has 0 aliphatic rings. The summed E-state index contributed by atoms with van der Waals surface area (Å²) in [7, 11) is -2.32. The van der Waals surface area contributed by atoms with Gasteiger partial charge in [-0.2, -0.15) is 0 Å². The number of carbonyl (C=O) groups is 1. The van der Waals surface area contributed by atoms with Gasteiger partial charge in [0, 0.05) is 37.3 Å². The molecule has 0 spiro atoms. The fourth-order valence-corrected chi connectivity index (χ4v) is 3.29. The minimum atomic E-state index is -3.77. The third-order valence-electron chi connectivity index (χ3n) is 3.58. The van der Waals surface area contributed by atoms with E-state index in [4.69, 9.17) is 0 Å². The van der Waals surface area contributed by atoms with Crippen LogP contribution in [0.5, 0.6) is 0 Å². The summed E-state index contributed by atoms with van der Waals surface area (Å²) in [6.45, 7) is 3.41. The molecule has 0 aliphatic carbocycles. The first kappa shape index (κ1) is 19.7. The van der Waals surface area contributed by atoms with Crippen LogP contribution in [0.3, 0.4) is 0 Å². The van der Waals surface area contributed by atoms with Crippen LogP contribution < -0.4 is 4.72 Å². The molecular weight excluding hydrogens is 362 g/mol. The Hall–Kier alpha value is -2.58. The van der Waals surface area contributed by atoms with Crippen molar-refractivity contribution >= 4 is 15.9 Å². The molecule has 138 valence electrons. The monoisotopic (exact) mass is 380 g/mol. The molecular formula is C18H18F2N2O3S. The molecule has 1 N–H and O–H groups in total. The number of hydrogen-bond acceptors (Lipinski definition) is 3. The molecule has 5 nitrogen and oxygen atoms in total. The first-order chi connectivity index (χ1) is 12.2. The summed E-state index contributed by atoms with van der Waals surface area (Å²) >= 11 is 0. The van der Waals surface area contributed by atoms with Gasteiger partial charge in [-0.05, 0) is 24.3 Å². The van der Waals surface area contributed by atoms with Crippen LogP contribution in [0.2, 0.25) is 0 Å². The summed E-state index contributed by atoms with van der Waals surface area (Å²) in [5, 5.41) is 0. The highest BCUT2D eigenvalue weighted by Gasteiger charge is 2.18. The van der Waals surface area contributed by atoms with E-state index in [1.807, 2.05) is 0 Å². The number of sulfonamides is 1. The summed E-state index contributed by atoms with van der Waals surface area (Å²) in [5.74, 6) is -1.95. The van der Waals surface area contributed by atoms with Crippen molar-refractivity contribution in [1.29, 1.82) is 0 Å². The first-order valence-corrected chi connectivity index (χ1v) is 9.13. The lowest BCUT2D eigenvalue weighted by Gasteiger charge is -2.18. The lowest BCUT2D eigenvalue weighted by atomic mass is 10.1. The minimum Gasteiger partial charge on any atom is -0.337 e. The van der Waals surface area contributed by atoms with Crippen LogP contribution in [0, 0.1) is 11.6 Å². The number of carbonyl (C=O) groups excluding carboxylic acids is 1. The fraction of sp³-hybridized carbons (Fsp3) is 0.167. The van der Waals surface area contributed by atoms with Crippen LogP contribution in [-0.4, -0.2) is 32.8 Å². The van der Waals surface area contributed by atoms with E-state index in [1.54, 1.807) is 0 Å². The molecule has 8 heteroatoms. The number of nitrogens with zero attached hydrogens (tertiary/aromatic N) is 1. The number of hydrogen-bond donors (Lipinski definition) is 1. The Balaban J connectivity index is 2.21. The molecule has 1 amide bonds. The van der Waals surface area contributed by atoms with E-state index in [0.29, 0.717) is 0 Å². The van der Waals surface area contributed by atoms with Gasteiger partial charge in [-0.25, -0.2) is 21.9 Å². The summed E-state index contributed by atoms with van der Waals surface area (Å²) in [4.78, 5) is 13.7. The predicted octanol–water partition coefficient (Wildman–Crippen LogP) is 2.70. The van der Waals surface area contributed by atoms with Crippen LogP contribution in [0.15, 0.2) is 60.0 Å². The Kier molecular flexibility index (Phi) is 6.23. The Bertz CT molecular complexity index is 930. The van der Waals surface area contributed by atoms with Gasteiger partial charge in [-0.1, -0.05) is 18.2 Å². The summed E-state index contributed by atoms with van der Waals surface area (Å²) < 4.78 is 53.3. The second kappa shape index (κ2) is 8.20. The maximum Gasteiger partial charge on any atom is 0.253 e. The number of benzene rings is 2. The smallest absolute Gasteiger partial charge is 0.253 e. The van der Waals surface area contributed by atoms with Gasteiger partial charge in [0.2, 0.25) is 10.0 Å². The zero-order chi connectivity index (χ0) is 19.3. The van der Waals surface area contributed by atoms with E-state index in [0.717, 1.165) is 12.1 Å². The fourth-order valence-electron chi connectivity index (χ4n) is 2.25. The van der Waals surface area contributed by atoms with Gasteiger partial charge in [-0.3, -0.25) is 4.79 Å². The van der Waals surface area contributed by atoms with Crippen molar-refractivity contribution in [2.45, 2.75) is 11.4 Å². The van der Waals surface area contributed by atoms with E-state index in [2.05, 4.69) is 11.3 Å². The normalized spacial score (nSPS) is 11.2. The van der Waals surface area contributed by atoms with Gasteiger partial charge in [-0.15, -0.1) is 6.58 Å². The summed E-state index contributed by atoms with van der Waals surface area (Å²) in [6, 6.07) is 8.62. The van der Waals surface area contributed by atoms with Crippen molar-refractivity contribution in [3.8, 4) is 0 Å². The molecule has 0 fully saturated rings. The maximum atomic E-state index is 13.7. The van der Waals surface area contributed by atoms with E-state index >= 15 is 0 Å². The third-order valence-corrected chi connectivity index (χ3v) is 5.00. The van der Waals surface area contributed by atoms with Crippen LogP contribution >= 0.6 is 0 Å². The van der Waals surface area contributed by atoms with Crippen molar-refractivity contribution in [3.63, 3.8) is 0 Å². The lowest BCUT2D eigenvalue weighted by molar-refractivity contribution is 0.0783. The molecule has 2 rings (SSSR count). The molecule has 0 radical (unpaired) electrons. The molecule has 0 bridgehead atoms. The molecule has 0 unspecified atom stereocenters. The van der Waals surface area contributed by atoms with Crippen LogP contribution in [0.1, 0.15) is 15.9 Å². The van der Waals surface area contributed by atoms with Gasteiger partial charge < -0.3 is 4.90 Å². The van der Waals surface area contributed by atoms with E-state index in [9.17, 15) is 22.0 Å². The second-order valence-corrected chi connectivity index (χ2v) is 7.33. The SMILES string of the molecule is C=CCNS(=O)(=O)c1cccc(C(=O)N(C)Cc2ccc(F)cc2F)c1. The highest BCUT2D eigenvalue weighted by molar-refractivity contribution is 7.89. The largest absolute Gasteiger partial charge is 0.337 e. The van der Waals surface area contributed by atoms with Crippen molar-refractivity contribution in [2.75, 3.05) is 13.6 Å². The van der Waals surface area contributed by atoms with Gasteiger partial charge in [0.1, 0.15) is 11.6 Å². The Labute approximate surface area is 151 Å². The lowest BCUT2D eigenvalue weighted by Crippen LogP contribution is -2.27. The van der Waals surface area contributed by atoms with Gasteiger partial charge in [0.25, 0.3) is 5.91 Å². The zero-order valence-corrected chi connectivity index (χ0v) is 14.9. The minimum absolute atomic E-state index is 0.0598. The van der Waals surface area contributed by atoms with E-state index in [-0.39, 0.29) is 29.1 Å². The van der Waals surface area contributed by atoms with Crippen molar-refractivity contribution < 1.29 is 22.0 Å². The molecule has 2 aromatic carbocycles.